The van der Waals surface area contributed by atoms with E-state index in [0.29, 0.717) is 26.1 Å². The highest BCUT2D eigenvalue weighted by Gasteiger charge is 2.02. The van der Waals surface area contributed by atoms with Crippen LogP contribution in [0, 0.1) is 23.7 Å². The molecule has 0 saturated heterocycles. The van der Waals surface area contributed by atoms with Gasteiger partial charge >= 0.3 is 11.9 Å². The van der Waals surface area contributed by atoms with E-state index in [1.165, 1.54) is 0 Å². The summed E-state index contributed by atoms with van der Waals surface area (Å²) < 4.78 is 20.7. The fourth-order valence-electron chi connectivity index (χ4n) is 2.37. The Balaban J connectivity index is 2.32. The van der Waals surface area contributed by atoms with E-state index in [4.69, 9.17) is 18.9 Å². The number of esters is 2. The smallest absolute Gasteiger partial charge is 0.305 e. The standard InChI is InChI=1S/C24H32O6/c25-23-15-11-7-5-3-1-2-4-6-8-12-16-24(26)30-22-20-28-18-14-10-9-13-17-27-19-21-29-23/h3-6H,1-2,7-8,11-12,15-22H2/b5-3-,6-4?. The highest BCUT2D eigenvalue weighted by molar-refractivity contribution is 5.69. The molecule has 0 spiro atoms. The summed E-state index contributed by atoms with van der Waals surface area (Å²) in [5.74, 6) is 10.4. The number of rotatable bonds is 0. The first kappa shape index (κ1) is 25.5. The molecule has 1 heterocycles. The molecular formula is C24H32O6. The summed E-state index contributed by atoms with van der Waals surface area (Å²) in [6.07, 6.45) is 14.5. The summed E-state index contributed by atoms with van der Waals surface area (Å²) in [6.45, 7) is 1.53. The Labute approximate surface area is 180 Å². The second-order valence-electron chi connectivity index (χ2n) is 6.45. The van der Waals surface area contributed by atoms with E-state index in [1.54, 1.807) is 0 Å². The summed E-state index contributed by atoms with van der Waals surface area (Å²) in [4.78, 5) is 23.2. The lowest BCUT2D eigenvalue weighted by atomic mass is 10.2. The highest BCUT2D eigenvalue weighted by atomic mass is 16.6. The lowest BCUT2D eigenvalue weighted by Gasteiger charge is -2.03. The lowest BCUT2D eigenvalue weighted by Crippen LogP contribution is -2.10. The Kier molecular flexibility index (Phi) is 16.8. The molecule has 0 aliphatic carbocycles. The lowest BCUT2D eigenvalue weighted by molar-refractivity contribution is -0.146. The maximum absolute atomic E-state index is 11.6. The number of allylic oxidation sites excluding steroid dienone is 4. The van der Waals surface area contributed by atoms with Crippen LogP contribution in [0.25, 0.3) is 0 Å². The first-order valence-electron chi connectivity index (χ1n) is 10.5. The third-order valence-corrected chi connectivity index (χ3v) is 3.91. The summed E-state index contributed by atoms with van der Waals surface area (Å²) >= 11 is 0. The molecule has 1 aliphatic rings. The summed E-state index contributed by atoms with van der Waals surface area (Å²) in [5, 5.41) is 0. The number of hydrogen-bond acceptors (Lipinski definition) is 6. The van der Waals surface area contributed by atoms with Crippen LogP contribution in [0.4, 0.5) is 0 Å². The molecule has 0 fully saturated rings. The first-order valence-corrected chi connectivity index (χ1v) is 10.5. The zero-order valence-electron chi connectivity index (χ0n) is 17.7. The molecule has 1 rings (SSSR count). The molecule has 1 aliphatic heterocycles. The molecule has 6 heteroatoms. The van der Waals surface area contributed by atoms with E-state index in [0.717, 1.165) is 38.5 Å². The van der Waals surface area contributed by atoms with Gasteiger partial charge in [0.05, 0.1) is 13.2 Å². The minimum absolute atomic E-state index is 0.205. The molecule has 0 amide bonds. The van der Waals surface area contributed by atoms with Crippen molar-refractivity contribution >= 4 is 11.9 Å². The van der Waals surface area contributed by atoms with E-state index in [1.807, 2.05) is 0 Å². The molecule has 0 aromatic rings. The van der Waals surface area contributed by atoms with Crippen LogP contribution in [0.2, 0.25) is 0 Å². The number of cyclic esters (lactones) is 2. The Morgan fingerprint density at radius 3 is 1.50 bits per heavy atom. The minimum atomic E-state index is -0.205. The van der Waals surface area contributed by atoms with Gasteiger partial charge in [0.2, 0.25) is 0 Å². The SMILES string of the molecule is O=C1CCCC=CCC/C=C\CCCC(=O)OCCOCC#CC#CCOCCO1. The maximum Gasteiger partial charge on any atom is 0.305 e. The topological polar surface area (TPSA) is 71.1 Å². The van der Waals surface area contributed by atoms with E-state index >= 15 is 0 Å². The quantitative estimate of drug-likeness (QED) is 0.343. The zero-order chi connectivity index (χ0) is 21.5. The van der Waals surface area contributed by atoms with Gasteiger partial charge in [-0.3, -0.25) is 9.59 Å². The summed E-state index contributed by atoms with van der Waals surface area (Å²) in [6, 6.07) is 0. The van der Waals surface area contributed by atoms with Crippen molar-refractivity contribution in [1.29, 1.82) is 0 Å². The van der Waals surface area contributed by atoms with Crippen LogP contribution in [0.1, 0.15) is 51.4 Å². The van der Waals surface area contributed by atoms with Gasteiger partial charge in [-0.15, -0.1) is 0 Å². The van der Waals surface area contributed by atoms with E-state index in [9.17, 15) is 9.59 Å². The molecule has 164 valence electrons. The number of carbonyl (C=O) groups excluding carboxylic acids is 2. The minimum Gasteiger partial charge on any atom is -0.463 e. The van der Waals surface area contributed by atoms with E-state index < -0.39 is 0 Å². The number of hydrogen-bond donors (Lipinski definition) is 0. The molecule has 30 heavy (non-hydrogen) atoms. The van der Waals surface area contributed by atoms with Gasteiger partial charge in [-0.05, 0) is 50.4 Å². The first-order chi connectivity index (χ1) is 14.8. The Bertz CT molecular complexity index is 599. The van der Waals surface area contributed by atoms with Crippen molar-refractivity contribution in [3.05, 3.63) is 24.3 Å². The fraction of sp³-hybridized carbons (Fsp3) is 0.583. The Morgan fingerprint density at radius 2 is 1.03 bits per heavy atom. The van der Waals surface area contributed by atoms with Gasteiger partial charge in [-0.1, -0.05) is 36.1 Å². The molecule has 0 radical (unpaired) electrons. The maximum atomic E-state index is 11.6. The van der Waals surface area contributed by atoms with Crippen LogP contribution in [0.3, 0.4) is 0 Å². The fourth-order valence-corrected chi connectivity index (χ4v) is 2.37. The molecule has 0 aromatic heterocycles. The van der Waals surface area contributed by atoms with Gasteiger partial charge in [-0.2, -0.15) is 0 Å². The molecule has 0 bridgehead atoms. The molecule has 0 unspecified atom stereocenters. The molecule has 0 atom stereocenters. The third-order valence-electron chi connectivity index (χ3n) is 3.91. The third kappa shape index (κ3) is 17.6. The van der Waals surface area contributed by atoms with Gasteiger partial charge < -0.3 is 18.9 Å². The van der Waals surface area contributed by atoms with Gasteiger partial charge in [0, 0.05) is 12.8 Å². The van der Waals surface area contributed by atoms with E-state index in [-0.39, 0.29) is 38.4 Å². The van der Waals surface area contributed by atoms with Gasteiger partial charge in [-0.25, -0.2) is 0 Å². The van der Waals surface area contributed by atoms with Crippen molar-refractivity contribution in [3.8, 4) is 23.7 Å². The van der Waals surface area contributed by atoms with Crippen LogP contribution < -0.4 is 0 Å². The van der Waals surface area contributed by atoms with Crippen LogP contribution >= 0.6 is 0 Å². The van der Waals surface area contributed by atoms with Gasteiger partial charge in [0.15, 0.2) is 0 Å². The predicted octanol–water partition coefficient (Wildman–Crippen LogP) is 3.36. The van der Waals surface area contributed by atoms with Crippen molar-refractivity contribution in [1.82, 2.24) is 0 Å². The van der Waals surface area contributed by atoms with Crippen molar-refractivity contribution < 1.29 is 28.5 Å². The van der Waals surface area contributed by atoms with Crippen LogP contribution in [0.5, 0.6) is 0 Å². The van der Waals surface area contributed by atoms with E-state index in [2.05, 4.69) is 48.0 Å². The Hall–Kier alpha value is -2.54. The van der Waals surface area contributed by atoms with Crippen LogP contribution in [-0.4, -0.2) is 51.6 Å². The largest absolute Gasteiger partial charge is 0.463 e. The average Bonchev–Trinajstić information content (AvgIpc) is 2.74. The van der Waals surface area contributed by atoms with Crippen LogP contribution in [0.15, 0.2) is 24.3 Å². The highest BCUT2D eigenvalue weighted by Crippen LogP contribution is 2.03. The molecule has 0 saturated carbocycles. The Morgan fingerprint density at radius 1 is 0.600 bits per heavy atom. The second kappa shape index (κ2) is 19.8. The van der Waals surface area contributed by atoms with Crippen molar-refractivity contribution in [2.24, 2.45) is 0 Å². The van der Waals surface area contributed by atoms with Crippen molar-refractivity contribution in [2.45, 2.75) is 51.4 Å². The van der Waals surface area contributed by atoms with Crippen molar-refractivity contribution in [2.75, 3.05) is 39.6 Å². The molecular weight excluding hydrogens is 384 g/mol. The predicted molar refractivity (Wildman–Crippen MR) is 114 cm³/mol. The average molecular weight is 417 g/mol. The molecule has 0 N–H and O–H groups in total. The van der Waals surface area contributed by atoms with Crippen LogP contribution in [-0.2, 0) is 28.5 Å². The van der Waals surface area contributed by atoms with Crippen molar-refractivity contribution in [3.63, 3.8) is 0 Å². The normalized spacial score (nSPS) is 20.7. The van der Waals surface area contributed by atoms with Gasteiger partial charge in [0.1, 0.15) is 26.4 Å². The number of carbonyl (C=O) groups is 2. The summed E-state index contributed by atoms with van der Waals surface area (Å²) in [7, 11) is 0. The second-order valence-corrected chi connectivity index (χ2v) is 6.45. The number of ether oxygens (including phenoxy) is 4. The molecule has 0 aromatic carbocycles. The zero-order valence-corrected chi connectivity index (χ0v) is 17.7. The monoisotopic (exact) mass is 416 g/mol. The molecule has 6 nitrogen and oxygen atoms in total. The summed E-state index contributed by atoms with van der Waals surface area (Å²) in [5.41, 5.74) is 0. The van der Waals surface area contributed by atoms with Gasteiger partial charge in [0.25, 0.3) is 0 Å².